The first-order valence-corrected chi connectivity index (χ1v) is 13.6. The molecule has 0 aliphatic carbocycles. The van der Waals surface area contributed by atoms with Crippen molar-refractivity contribution in [2.24, 2.45) is 0 Å². The van der Waals surface area contributed by atoms with E-state index in [1.807, 2.05) is 36.7 Å². The van der Waals surface area contributed by atoms with Crippen molar-refractivity contribution >= 4 is 0 Å². The molecule has 0 saturated heterocycles. The zero-order valence-electron chi connectivity index (χ0n) is 22.3. The van der Waals surface area contributed by atoms with E-state index in [4.69, 9.17) is 18.9 Å². The monoisotopic (exact) mass is 504 g/mol. The van der Waals surface area contributed by atoms with Gasteiger partial charge < -0.3 is 18.9 Å². The Morgan fingerprint density at radius 2 is 1.31 bits per heavy atom. The summed E-state index contributed by atoms with van der Waals surface area (Å²) in [6.45, 7) is 6.93. The maximum Gasteiger partial charge on any atom is 0.159 e. The van der Waals surface area contributed by atoms with Crippen LogP contribution in [0.25, 0.3) is 11.4 Å². The number of hydrogen-bond donors (Lipinski definition) is 0. The van der Waals surface area contributed by atoms with Gasteiger partial charge in [-0.05, 0) is 49.1 Å². The first-order chi connectivity index (χ1) is 17.7. The maximum absolute atomic E-state index is 14.1. The van der Waals surface area contributed by atoms with Crippen LogP contribution >= 0.6 is 0 Å². The van der Waals surface area contributed by atoms with E-state index in [9.17, 15) is 4.39 Å². The average molecular weight is 505 g/mol. The van der Waals surface area contributed by atoms with Gasteiger partial charge in [0, 0.05) is 24.6 Å². The summed E-state index contributed by atoms with van der Waals surface area (Å²) in [7, 11) is 0. The molecular formula is C29H45FN2O4. The molecule has 2 rings (SSSR count). The molecule has 0 fully saturated rings. The molecule has 1 atom stereocenters. The van der Waals surface area contributed by atoms with Gasteiger partial charge in [0.1, 0.15) is 12.4 Å². The highest BCUT2D eigenvalue weighted by Gasteiger charge is 2.09. The van der Waals surface area contributed by atoms with Gasteiger partial charge in [-0.1, -0.05) is 52.4 Å². The van der Waals surface area contributed by atoms with Crippen LogP contribution in [0.1, 0.15) is 70.8 Å². The number of rotatable bonds is 22. The van der Waals surface area contributed by atoms with Crippen molar-refractivity contribution in [1.29, 1.82) is 0 Å². The van der Waals surface area contributed by atoms with Crippen LogP contribution in [0.15, 0.2) is 36.7 Å². The van der Waals surface area contributed by atoms with Gasteiger partial charge in [0.15, 0.2) is 12.0 Å². The number of ether oxygens (including phenoxy) is 4. The van der Waals surface area contributed by atoms with Gasteiger partial charge >= 0.3 is 0 Å². The van der Waals surface area contributed by atoms with Crippen molar-refractivity contribution < 1.29 is 23.3 Å². The summed E-state index contributed by atoms with van der Waals surface area (Å²) < 4.78 is 35.7. The molecule has 36 heavy (non-hydrogen) atoms. The van der Waals surface area contributed by atoms with Gasteiger partial charge in [-0.25, -0.2) is 14.4 Å². The Morgan fingerprint density at radius 1 is 0.694 bits per heavy atom. The largest absolute Gasteiger partial charge is 0.490 e. The number of hydrogen-bond acceptors (Lipinski definition) is 6. The van der Waals surface area contributed by atoms with Gasteiger partial charge in [0.05, 0.1) is 33.0 Å². The van der Waals surface area contributed by atoms with E-state index in [-0.39, 0.29) is 13.2 Å². The molecule has 0 saturated carbocycles. The van der Waals surface area contributed by atoms with Gasteiger partial charge in [-0.2, -0.15) is 0 Å². The molecule has 0 amide bonds. The molecule has 202 valence electrons. The van der Waals surface area contributed by atoms with Crippen molar-refractivity contribution in [3.05, 3.63) is 42.2 Å². The van der Waals surface area contributed by atoms with Crippen LogP contribution in [-0.4, -0.2) is 62.4 Å². The standard InChI is InChI=1S/C29H45FN2O4/c1-3-5-7-8-9-10-11-25-21-31-29(32-22-25)26-12-14-28(15-13-26)36-24-27(30)23-35-20-19-34-18-17-33-16-6-4-2/h12-15,21-22,27H,3-11,16-20,23-24H2,1-2H3/t27-/m0/s1. The van der Waals surface area contributed by atoms with Crippen molar-refractivity contribution in [3.8, 4) is 17.1 Å². The zero-order chi connectivity index (χ0) is 25.7. The molecule has 0 N–H and O–H groups in total. The third-order valence-electron chi connectivity index (χ3n) is 5.75. The molecule has 1 aromatic heterocycles. The second-order valence-corrected chi connectivity index (χ2v) is 9.02. The highest BCUT2D eigenvalue weighted by atomic mass is 19.1. The van der Waals surface area contributed by atoms with Gasteiger partial charge in [-0.3, -0.25) is 0 Å². The predicted octanol–water partition coefficient (Wildman–Crippen LogP) is 6.61. The number of unbranched alkanes of at least 4 members (excludes halogenated alkanes) is 6. The lowest BCUT2D eigenvalue weighted by molar-refractivity contribution is -0.00166. The SMILES string of the molecule is CCCCCCCCc1cnc(-c2ccc(OC[C@@H](F)COCCOCCOCCCC)cc2)nc1. The zero-order valence-corrected chi connectivity index (χ0v) is 22.3. The van der Waals surface area contributed by atoms with Crippen molar-refractivity contribution in [1.82, 2.24) is 9.97 Å². The van der Waals surface area contributed by atoms with Gasteiger partial charge in [0.2, 0.25) is 0 Å². The first-order valence-electron chi connectivity index (χ1n) is 13.6. The fourth-order valence-corrected chi connectivity index (χ4v) is 3.57. The minimum atomic E-state index is -1.20. The highest BCUT2D eigenvalue weighted by molar-refractivity contribution is 5.55. The molecule has 0 aliphatic heterocycles. The fraction of sp³-hybridized carbons (Fsp3) is 0.655. The Kier molecular flexibility index (Phi) is 16.8. The van der Waals surface area contributed by atoms with E-state index in [2.05, 4.69) is 23.8 Å². The average Bonchev–Trinajstić information content (AvgIpc) is 2.91. The minimum absolute atomic E-state index is 0.0205. The summed E-state index contributed by atoms with van der Waals surface area (Å²) in [5, 5.41) is 0. The Morgan fingerprint density at radius 3 is 2.00 bits per heavy atom. The molecule has 0 bridgehead atoms. The summed E-state index contributed by atoms with van der Waals surface area (Å²) in [5.74, 6) is 1.28. The smallest absolute Gasteiger partial charge is 0.159 e. The third kappa shape index (κ3) is 13.9. The van der Waals surface area contributed by atoms with Gasteiger partial charge in [0.25, 0.3) is 0 Å². The fourth-order valence-electron chi connectivity index (χ4n) is 3.57. The highest BCUT2D eigenvalue weighted by Crippen LogP contribution is 2.20. The minimum Gasteiger partial charge on any atom is -0.490 e. The van der Waals surface area contributed by atoms with E-state index in [1.165, 1.54) is 44.1 Å². The Bertz CT molecular complexity index is 774. The van der Waals surface area contributed by atoms with Crippen molar-refractivity contribution in [3.63, 3.8) is 0 Å². The van der Waals surface area contributed by atoms with E-state index in [0.717, 1.165) is 31.4 Å². The third-order valence-corrected chi connectivity index (χ3v) is 5.75. The summed E-state index contributed by atoms with van der Waals surface area (Å²) >= 11 is 0. The summed E-state index contributed by atoms with van der Waals surface area (Å²) in [6.07, 6.45) is 13.5. The lowest BCUT2D eigenvalue weighted by atomic mass is 10.1. The lowest BCUT2D eigenvalue weighted by Gasteiger charge is -2.12. The quantitative estimate of drug-likeness (QED) is 0.168. The second kappa shape index (κ2) is 20.0. The molecule has 6 nitrogen and oxygen atoms in total. The number of benzene rings is 1. The van der Waals surface area contributed by atoms with Crippen LogP contribution in [0.3, 0.4) is 0 Å². The topological polar surface area (TPSA) is 62.7 Å². The summed E-state index contributed by atoms with van der Waals surface area (Å²) in [4.78, 5) is 9.02. The Labute approximate surface area is 216 Å². The predicted molar refractivity (Wildman–Crippen MR) is 142 cm³/mol. The number of aromatic nitrogens is 2. The molecular weight excluding hydrogens is 459 g/mol. The number of alkyl halides is 1. The molecule has 0 radical (unpaired) electrons. The van der Waals surface area contributed by atoms with E-state index < -0.39 is 6.17 Å². The van der Waals surface area contributed by atoms with Crippen LogP contribution in [0.4, 0.5) is 4.39 Å². The van der Waals surface area contributed by atoms with Crippen molar-refractivity contribution in [2.75, 3.05) is 46.2 Å². The number of aryl methyl sites for hydroxylation is 1. The molecule has 0 spiro atoms. The first kappa shape index (κ1) is 30.1. The van der Waals surface area contributed by atoms with E-state index in [1.54, 1.807) is 0 Å². The lowest BCUT2D eigenvalue weighted by Crippen LogP contribution is -2.20. The molecule has 0 unspecified atom stereocenters. The van der Waals surface area contributed by atoms with Crippen LogP contribution < -0.4 is 4.74 Å². The molecule has 2 aromatic rings. The molecule has 7 heteroatoms. The summed E-state index contributed by atoms with van der Waals surface area (Å²) in [6, 6.07) is 7.41. The second-order valence-electron chi connectivity index (χ2n) is 9.02. The van der Waals surface area contributed by atoms with Gasteiger partial charge in [-0.15, -0.1) is 0 Å². The van der Waals surface area contributed by atoms with Crippen LogP contribution in [0.5, 0.6) is 5.75 Å². The van der Waals surface area contributed by atoms with E-state index >= 15 is 0 Å². The van der Waals surface area contributed by atoms with Crippen molar-refractivity contribution in [2.45, 2.75) is 77.8 Å². The summed E-state index contributed by atoms with van der Waals surface area (Å²) in [5.41, 5.74) is 2.08. The molecule has 1 aromatic carbocycles. The van der Waals surface area contributed by atoms with E-state index in [0.29, 0.717) is 38.0 Å². The Hall–Kier alpha value is -2.09. The van der Waals surface area contributed by atoms with Crippen LogP contribution in [0, 0.1) is 0 Å². The molecule has 0 aliphatic rings. The van der Waals surface area contributed by atoms with Crippen LogP contribution in [0.2, 0.25) is 0 Å². The van der Waals surface area contributed by atoms with Crippen LogP contribution in [-0.2, 0) is 20.6 Å². The molecule has 1 heterocycles. The maximum atomic E-state index is 14.1. The number of nitrogens with zero attached hydrogens (tertiary/aromatic N) is 2. The Balaban J connectivity index is 1.57. The number of halogens is 1. The normalized spacial score (nSPS) is 12.1.